The molecule has 0 saturated carbocycles. The van der Waals surface area contributed by atoms with Crippen LogP contribution >= 0.6 is 23.4 Å². The average Bonchev–Trinajstić information content (AvgIpc) is 3.34. The first-order valence-corrected chi connectivity index (χ1v) is 16.1. The molecule has 1 unspecified atom stereocenters. The van der Waals surface area contributed by atoms with Crippen LogP contribution in [0.4, 0.5) is 17.5 Å². The smallest absolute Gasteiger partial charge is 0.180 e. The van der Waals surface area contributed by atoms with Crippen molar-refractivity contribution in [1.29, 1.82) is 5.26 Å². The van der Waals surface area contributed by atoms with E-state index >= 15 is 0 Å². The van der Waals surface area contributed by atoms with Gasteiger partial charge in [0.2, 0.25) is 0 Å². The summed E-state index contributed by atoms with van der Waals surface area (Å²) in [5.74, 6) is 8.54. The number of ether oxygens (including phenoxy) is 1. The highest BCUT2D eigenvalue weighted by Crippen LogP contribution is 2.51. The Kier molecular flexibility index (Phi) is 9.09. The highest BCUT2D eigenvalue weighted by molar-refractivity contribution is 7.99. The Hall–Kier alpha value is -4.68. The SMILES string of the molecule is COc1ccc(CN(C#N)CC#Cc2ccc3c(c2)C(N)C2(CCN(c4cnc(Sc5ccnc(N)c5Cl)c(N)n4)CC2)C3)cc1. The van der Waals surface area contributed by atoms with Crippen molar-refractivity contribution in [1.82, 2.24) is 19.9 Å². The molecule has 234 valence electrons. The molecule has 1 saturated heterocycles. The number of rotatable bonds is 7. The lowest BCUT2D eigenvalue weighted by molar-refractivity contribution is 0.187. The number of pyridine rings is 1. The van der Waals surface area contributed by atoms with Gasteiger partial charge in [-0.1, -0.05) is 53.4 Å². The number of anilines is 3. The van der Waals surface area contributed by atoms with Crippen LogP contribution in [-0.2, 0) is 13.0 Å². The van der Waals surface area contributed by atoms with Crippen LogP contribution in [0.5, 0.6) is 5.75 Å². The molecule has 1 aliphatic carbocycles. The summed E-state index contributed by atoms with van der Waals surface area (Å²) in [7, 11) is 1.63. The largest absolute Gasteiger partial charge is 0.497 e. The Labute approximate surface area is 277 Å². The van der Waals surface area contributed by atoms with Gasteiger partial charge in [-0.2, -0.15) is 5.26 Å². The van der Waals surface area contributed by atoms with Gasteiger partial charge >= 0.3 is 0 Å². The van der Waals surface area contributed by atoms with E-state index in [1.54, 1.807) is 30.5 Å². The summed E-state index contributed by atoms with van der Waals surface area (Å²) >= 11 is 7.61. The predicted octanol–water partition coefficient (Wildman–Crippen LogP) is 5.03. The number of hydrogen-bond acceptors (Lipinski definition) is 11. The van der Waals surface area contributed by atoms with Crippen LogP contribution in [0.3, 0.4) is 0 Å². The fraction of sp³-hybridized carbons (Fsp3) is 0.294. The summed E-state index contributed by atoms with van der Waals surface area (Å²) < 4.78 is 5.21. The quantitative estimate of drug-likeness (QED) is 0.140. The molecule has 6 rings (SSSR count). The van der Waals surface area contributed by atoms with Crippen molar-refractivity contribution in [3.63, 3.8) is 0 Å². The summed E-state index contributed by atoms with van der Waals surface area (Å²) in [4.78, 5) is 17.8. The molecular formula is C34H34ClN9OS. The summed E-state index contributed by atoms with van der Waals surface area (Å²) in [6.07, 6.45) is 8.38. The molecule has 0 radical (unpaired) electrons. The van der Waals surface area contributed by atoms with Gasteiger partial charge in [-0.3, -0.25) is 4.90 Å². The molecular weight excluding hydrogens is 618 g/mol. The lowest BCUT2D eigenvalue weighted by Crippen LogP contribution is -2.44. The molecule has 10 nitrogen and oxygen atoms in total. The van der Waals surface area contributed by atoms with E-state index in [9.17, 15) is 5.26 Å². The van der Waals surface area contributed by atoms with Gasteiger partial charge < -0.3 is 26.8 Å². The van der Waals surface area contributed by atoms with E-state index in [-0.39, 0.29) is 17.3 Å². The number of halogens is 1. The van der Waals surface area contributed by atoms with Crippen molar-refractivity contribution in [3.05, 3.63) is 88.2 Å². The maximum Gasteiger partial charge on any atom is 0.180 e. The lowest BCUT2D eigenvalue weighted by atomic mass is 9.73. The number of nitrogens with zero attached hydrogens (tertiary/aromatic N) is 6. The molecule has 2 aromatic heterocycles. The summed E-state index contributed by atoms with van der Waals surface area (Å²) in [5, 5.41) is 10.6. The molecule has 0 bridgehead atoms. The molecule has 2 aromatic carbocycles. The van der Waals surface area contributed by atoms with Crippen molar-refractivity contribution < 1.29 is 4.74 Å². The molecule has 6 N–H and O–H groups in total. The van der Waals surface area contributed by atoms with Gasteiger partial charge in [0.25, 0.3) is 0 Å². The fourth-order valence-electron chi connectivity index (χ4n) is 6.16. The predicted molar refractivity (Wildman–Crippen MR) is 181 cm³/mol. The Morgan fingerprint density at radius 3 is 2.61 bits per heavy atom. The van der Waals surface area contributed by atoms with E-state index in [2.05, 4.69) is 56.1 Å². The number of nitriles is 1. The third kappa shape index (κ3) is 6.49. The topological polar surface area (TPSA) is 156 Å². The Bertz CT molecular complexity index is 1840. The Morgan fingerprint density at radius 1 is 1.11 bits per heavy atom. The number of nitrogen functional groups attached to an aromatic ring is 2. The van der Waals surface area contributed by atoms with Gasteiger partial charge in [-0.05, 0) is 71.7 Å². The summed E-state index contributed by atoms with van der Waals surface area (Å²) in [6, 6.07) is 15.7. The Balaban J connectivity index is 1.07. The van der Waals surface area contributed by atoms with Gasteiger partial charge in [0.05, 0.1) is 31.4 Å². The minimum atomic E-state index is -0.0791. The number of methoxy groups -OCH3 is 1. The first-order valence-electron chi connectivity index (χ1n) is 14.9. The van der Waals surface area contributed by atoms with Gasteiger partial charge in [-0.25, -0.2) is 15.0 Å². The maximum absolute atomic E-state index is 9.62. The molecule has 4 aromatic rings. The maximum atomic E-state index is 9.62. The highest BCUT2D eigenvalue weighted by Gasteiger charge is 2.46. The molecule has 12 heteroatoms. The zero-order valence-corrected chi connectivity index (χ0v) is 27.0. The molecule has 46 heavy (non-hydrogen) atoms. The van der Waals surface area contributed by atoms with Crippen molar-refractivity contribution in [3.8, 4) is 23.8 Å². The van der Waals surface area contributed by atoms with Crippen LogP contribution in [0, 0.1) is 28.7 Å². The second-order valence-corrected chi connectivity index (χ2v) is 13.0. The molecule has 1 atom stereocenters. The summed E-state index contributed by atoms with van der Waals surface area (Å²) in [5.41, 5.74) is 23.5. The van der Waals surface area contributed by atoms with Crippen LogP contribution < -0.4 is 26.8 Å². The van der Waals surface area contributed by atoms with E-state index in [1.165, 1.54) is 17.3 Å². The van der Waals surface area contributed by atoms with Crippen LogP contribution in [-0.4, -0.2) is 46.6 Å². The molecule has 1 aliphatic heterocycles. The normalized spacial score (nSPS) is 16.3. The monoisotopic (exact) mass is 651 g/mol. The van der Waals surface area contributed by atoms with Crippen LogP contribution in [0.2, 0.25) is 5.02 Å². The number of benzene rings is 2. The van der Waals surface area contributed by atoms with Crippen LogP contribution in [0.25, 0.3) is 0 Å². The van der Waals surface area contributed by atoms with Crippen LogP contribution in [0.15, 0.2) is 70.8 Å². The second kappa shape index (κ2) is 13.4. The second-order valence-electron chi connectivity index (χ2n) is 11.6. The van der Waals surface area contributed by atoms with Crippen LogP contribution in [0.1, 0.15) is 41.1 Å². The van der Waals surface area contributed by atoms with Crippen molar-refractivity contribution in [2.24, 2.45) is 11.1 Å². The third-order valence-electron chi connectivity index (χ3n) is 8.78. The Morgan fingerprint density at radius 2 is 1.89 bits per heavy atom. The first-order chi connectivity index (χ1) is 22.3. The zero-order valence-electron chi connectivity index (χ0n) is 25.4. The minimum Gasteiger partial charge on any atom is -0.497 e. The van der Waals surface area contributed by atoms with Crippen molar-refractivity contribution in [2.75, 3.05) is 43.1 Å². The average molecular weight is 652 g/mol. The van der Waals surface area contributed by atoms with Gasteiger partial charge in [0.1, 0.15) is 22.4 Å². The molecule has 2 aliphatic rings. The van der Waals surface area contributed by atoms with E-state index in [1.807, 2.05) is 24.3 Å². The fourth-order valence-corrected chi connectivity index (χ4v) is 7.18. The lowest BCUT2D eigenvalue weighted by Gasteiger charge is -2.42. The van der Waals surface area contributed by atoms with E-state index in [0.717, 1.165) is 65.5 Å². The van der Waals surface area contributed by atoms with E-state index in [0.29, 0.717) is 29.0 Å². The zero-order chi connectivity index (χ0) is 32.3. The molecule has 3 heterocycles. The van der Waals surface area contributed by atoms with Gasteiger partial charge in [0, 0.05) is 35.8 Å². The van der Waals surface area contributed by atoms with Crippen molar-refractivity contribution >= 4 is 40.8 Å². The number of hydrogen-bond donors (Lipinski definition) is 3. The van der Waals surface area contributed by atoms with Crippen molar-refractivity contribution in [2.45, 2.75) is 41.8 Å². The molecule has 1 spiro atoms. The van der Waals surface area contributed by atoms with E-state index < -0.39 is 0 Å². The van der Waals surface area contributed by atoms with Gasteiger partial charge in [-0.15, -0.1) is 0 Å². The first kappa shape index (κ1) is 31.3. The van der Waals surface area contributed by atoms with Gasteiger partial charge in [0.15, 0.2) is 12.0 Å². The molecule has 0 amide bonds. The molecule has 1 fully saturated rings. The third-order valence-corrected chi connectivity index (χ3v) is 10.4. The number of fused-ring (bicyclic) bond motifs is 1. The number of aromatic nitrogens is 3. The standard InChI is InChI=1S/C34H34ClN9OS/c1-45-25-8-5-23(6-9-25)20-43(21-36)14-2-3-22-4-7-24-18-34(30(37)26(24)17-22)11-15-44(16-12-34)28-19-41-33(32(39)42-28)46-27-10-13-40-31(38)29(27)35/h4-10,13,17,19,30H,11-12,14-16,18,20,37H2,1H3,(H2,38,40)(H2,39,42). The number of nitrogens with two attached hydrogens (primary N) is 3. The van der Waals surface area contributed by atoms with E-state index in [4.69, 9.17) is 33.5 Å². The minimum absolute atomic E-state index is 0.0202. The highest BCUT2D eigenvalue weighted by atomic mass is 35.5. The summed E-state index contributed by atoms with van der Waals surface area (Å²) in [6.45, 7) is 2.44. The number of piperidine rings is 1.